The van der Waals surface area contributed by atoms with Crippen molar-refractivity contribution in [2.45, 2.75) is 0 Å². The number of nitriles is 1. The van der Waals surface area contributed by atoms with Crippen LogP contribution < -0.4 is 0 Å². The smallest absolute Gasteiger partial charge is 0.154 e. The summed E-state index contributed by atoms with van der Waals surface area (Å²) >= 11 is 0. The highest BCUT2D eigenvalue weighted by molar-refractivity contribution is 5.54. The Balaban J connectivity index is 2.91. The maximum atomic E-state index is 12.8. The Morgan fingerprint density at radius 3 is 3.17 bits per heavy atom. The minimum Gasteiger partial charge on any atom is -0.303 e. The van der Waals surface area contributed by atoms with Crippen molar-refractivity contribution in [1.82, 2.24) is 9.38 Å². The highest BCUT2D eigenvalue weighted by atomic mass is 19.1. The highest BCUT2D eigenvalue weighted by Crippen LogP contribution is 2.09. The van der Waals surface area contributed by atoms with Crippen LogP contribution in [-0.4, -0.2) is 9.38 Å². The molecule has 0 radical (unpaired) electrons. The molecule has 2 rings (SSSR count). The Bertz CT molecular complexity index is 467. The second-order valence-corrected chi connectivity index (χ2v) is 2.34. The van der Waals surface area contributed by atoms with Gasteiger partial charge >= 0.3 is 0 Å². The fraction of sp³-hybridized carbons (Fsp3) is 0. The van der Waals surface area contributed by atoms with E-state index in [0.29, 0.717) is 5.65 Å². The molecule has 0 amide bonds. The summed E-state index contributed by atoms with van der Waals surface area (Å²) in [5, 5.41) is 8.61. The van der Waals surface area contributed by atoms with Gasteiger partial charge in [-0.25, -0.2) is 9.37 Å². The van der Waals surface area contributed by atoms with Gasteiger partial charge in [-0.1, -0.05) is 0 Å². The SMILES string of the molecule is N#Cc1cc(F)cn2ccnc12. The predicted octanol–water partition coefficient (Wildman–Crippen LogP) is 1.35. The molecule has 0 aliphatic rings. The minimum atomic E-state index is -0.433. The van der Waals surface area contributed by atoms with Crippen molar-refractivity contribution in [3.05, 3.63) is 36.0 Å². The molecular formula is C8H4FN3. The second-order valence-electron chi connectivity index (χ2n) is 2.34. The lowest BCUT2D eigenvalue weighted by Gasteiger charge is -1.94. The third kappa shape index (κ3) is 0.839. The minimum absolute atomic E-state index is 0.250. The molecule has 4 heteroatoms. The third-order valence-electron chi connectivity index (χ3n) is 1.57. The molecular weight excluding hydrogens is 157 g/mol. The molecule has 12 heavy (non-hydrogen) atoms. The number of hydrogen-bond acceptors (Lipinski definition) is 2. The molecule has 0 atom stereocenters. The fourth-order valence-electron chi connectivity index (χ4n) is 1.08. The summed E-state index contributed by atoms with van der Waals surface area (Å²) in [5.74, 6) is -0.433. The number of rotatable bonds is 0. The van der Waals surface area contributed by atoms with Crippen molar-refractivity contribution in [3.8, 4) is 6.07 Å². The van der Waals surface area contributed by atoms with E-state index < -0.39 is 5.82 Å². The zero-order chi connectivity index (χ0) is 8.55. The van der Waals surface area contributed by atoms with Crippen molar-refractivity contribution in [2.75, 3.05) is 0 Å². The Hall–Kier alpha value is -1.89. The van der Waals surface area contributed by atoms with Gasteiger partial charge in [0, 0.05) is 18.6 Å². The van der Waals surface area contributed by atoms with Crippen LogP contribution >= 0.6 is 0 Å². The van der Waals surface area contributed by atoms with Gasteiger partial charge in [0.05, 0.1) is 5.56 Å². The Morgan fingerprint density at radius 1 is 1.58 bits per heavy atom. The average Bonchev–Trinajstić information content (AvgIpc) is 2.50. The van der Waals surface area contributed by atoms with Crippen LogP contribution in [0.3, 0.4) is 0 Å². The maximum absolute atomic E-state index is 12.8. The van der Waals surface area contributed by atoms with Crippen molar-refractivity contribution >= 4 is 5.65 Å². The number of fused-ring (bicyclic) bond motifs is 1. The van der Waals surface area contributed by atoms with Crippen LogP contribution in [0.25, 0.3) is 5.65 Å². The monoisotopic (exact) mass is 161 g/mol. The molecule has 0 N–H and O–H groups in total. The summed E-state index contributed by atoms with van der Waals surface area (Å²) in [6.45, 7) is 0. The standard InChI is InChI=1S/C8H4FN3/c9-7-3-6(4-10)8-11-1-2-12(8)5-7/h1-3,5H. The highest BCUT2D eigenvalue weighted by Gasteiger charge is 2.03. The van der Waals surface area contributed by atoms with Gasteiger partial charge in [-0.2, -0.15) is 5.26 Å². The first-order valence-electron chi connectivity index (χ1n) is 3.33. The van der Waals surface area contributed by atoms with E-state index in [1.54, 1.807) is 6.20 Å². The zero-order valence-electron chi connectivity index (χ0n) is 6.03. The van der Waals surface area contributed by atoms with Crippen LogP contribution in [0.4, 0.5) is 4.39 Å². The summed E-state index contributed by atoms with van der Waals surface area (Å²) in [4.78, 5) is 3.90. The first kappa shape index (κ1) is 6.80. The summed E-state index contributed by atoms with van der Waals surface area (Å²) in [7, 11) is 0. The number of imidazole rings is 1. The molecule has 0 fully saturated rings. The van der Waals surface area contributed by atoms with Gasteiger partial charge < -0.3 is 4.40 Å². The molecule has 2 heterocycles. The molecule has 0 saturated carbocycles. The van der Waals surface area contributed by atoms with Crippen molar-refractivity contribution < 1.29 is 4.39 Å². The van der Waals surface area contributed by atoms with E-state index in [1.165, 1.54) is 22.9 Å². The van der Waals surface area contributed by atoms with Gasteiger partial charge in [0.2, 0.25) is 0 Å². The van der Waals surface area contributed by atoms with Crippen molar-refractivity contribution in [2.24, 2.45) is 0 Å². The van der Waals surface area contributed by atoms with Gasteiger partial charge in [0.25, 0.3) is 0 Å². The number of pyridine rings is 1. The molecule has 0 aliphatic heterocycles. The molecule has 0 unspecified atom stereocenters. The van der Waals surface area contributed by atoms with Crippen LogP contribution in [-0.2, 0) is 0 Å². The zero-order valence-corrected chi connectivity index (χ0v) is 6.03. The van der Waals surface area contributed by atoms with Crippen LogP contribution in [0.15, 0.2) is 24.7 Å². The molecule has 0 bridgehead atoms. The molecule has 0 saturated heterocycles. The lowest BCUT2D eigenvalue weighted by atomic mass is 10.3. The molecule has 58 valence electrons. The van der Waals surface area contributed by atoms with Gasteiger partial charge in [-0.3, -0.25) is 0 Å². The van der Waals surface area contributed by atoms with E-state index in [1.807, 2.05) is 6.07 Å². The molecule has 0 aromatic carbocycles. The van der Waals surface area contributed by atoms with E-state index in [2.05, 4.69) is 4.98 Å². The summed E-state index contributed by atoms with van der Waals surface area (Å²) in [5.41, 5.74) is 0.735. The van der Waals surface area contributed by atoms with E-state index >= 15 is 0 Å². The number of nitrogens with zero attached hydrogens (tertiary/aromatic N) is 3. The largest absolute Gasteiger partial charge is 0.303 e. The summed E-state index contributed by atoms with van der Waals surface area (Å²) in [6, 6.07) is 3.04. The molecule has 0 aliphatic carbocycles. The van der Waals surface area contributed by atoms with Gasteiger partial charge in [-0.05, 0) is 6.07 Å². The van der Waals surface area contributed by atoms with E-state index in [0.717, 1.165) is 0 Å². The van der Waals surface area contributed by atoms with Gasteiger partial charge in [0.1, 0.15) is 11.9 Å². The number of aromatic nitrogens is 2. The number of halogens is 1. The molecule has 0 spiro atoms. The number of hydrogen-bond donors (Lipinski definition) is 0. The molecule has 2 aromatic rings. The van der Waals surface area contributed by atoms with Gasteiger partial charge in [0.15, 0.2) is 5.65 Å². The summed E-state index contributed by atoms with van der Waals surface area (Å²) in [6.07, 6.45) is 4.40. The van der Waals surface area contributed by atoms with Crippen molar-refractivity contribution in [3.63, 3.8) is 0 Å². The second kappa shape index (κ2) is 2.31. The summed E-state index contributed by atoms with van der Waals surface area (Å²) < 4.78 is 14.2. The van der Waals surface area contributed by atoms with Crippen LogP contribution in [0.1, 0.15) is 5.56 Å². The van der Waals surface area contributed by atoms with Crippen LogP contribution in [0, 0.1) is 17.1 Å². The first-order valence-corrected chi connectivity index (χ1v) is 3.33. The molecule has 3 nitrogen and oxygen atoms in total. The van der Waals surface area contributed by atoms with Crippen molar-refractivity contribution in [1.29, 1.82) is 5.26 Å². The van der Waals surface area contributed by atoms with Crippen LogP contribution in [0.2, 0.25) is 0 Å². The average molecular weight is 161 g/mol. The lowest BCUT2D eigenvalue weighted by Crippen LogP contribution is -1.89. The maximum Gasteiger partial charge on any atom is 0.154 e. The first-order chi connectivity index (χ1) is 5.81. The third-order valence-corrected chi connectivity index (χ3v) is 1.57. The predicted molar refractivity (Wildman–Crippen MR) is 39.9 cm³/mol. The quantitative estimate of drug-likeness (QED) is 0.585. The van der Waals surface area contributed by atoms with Gasteiger partial charge in [-0.15, -0.1) is 0 Å². The Morgan fingerprint density at radius 2 is 2.42 bits per heavy atom. The Kier molecular flexibility index (Phi) is 1.31. The van der Waals surface area contributed by atoms with E-state index in [9.17, 15) is 4.39 Å². The van der Waals surface area contributed by atoms with Crippen LogP contribution in [0.5, 0.6) is 0 Å². The van der Waals surface area contributed by atoms with E-state index in [-0.39, 0.29) is 5.56 Å². The normalized spacial score (nSPS) is 10.0. The lowest BCUT2D eigenvalue weighted by molar-refractivity contribution is 0.618. The topological polar surface area (TPSA) is 41.1 Å². The Labute approximate surface area is 67.7 Å². The fourth-order valence-corrected chi connectivity index (χ4v) is 1.08. The molecule has 2 aromatic heterocycles. The van der Waals surface area contributed by atoms with E-state index in [4.69, 9.17) is 5.26 Å².